The Morgan fingerprint density at radius 2 is 2.33 bits per heavy atom. The molecule has 0 heterocycles. The van der Waals surface area contributed by atoms with Gasteiger partial charge in [0.25, 0.3) is 0 Å². The van der Waals surface area contributed by atoms with Gasteiger partial charge in [-0.05, 0) is 18.8 Å². The first kappa shape index (κ1) is 12.3. The number of ether oxygens (including phenoxy) is 1. The van der Waals surface area contributed by atoms with E-state index in [4.69, 9.17) is 9.84 Å². The molecule has 0 radical (unpaired) electrons. The van der Waals surface area contributed by atoms with E-state index in [1.807, 2.05) is 0 Å². The zero-order chi connectivity index (χ0) is 11.1. The summed E-state index contributed by atoms with van der Waals surface area (Å²) in [4.78, 5) is 11.2. The minimum atomic E-state index is -0.397. The Kier molecular flexibility index (Phi) is 5.47. The van der Waals surface area contributed by atoms with Crippen LogP contribution in [0.1, 0.15) is 39.0 Å². The van der Waals surface area contributed by atoms with Crippen molar-refractivity contribution in [1.82, 2.24) is 5.32 Å². The van der Waals surface area contributed by atoms with Crippen molar-refractivity contribution in [2.24, 2.45) is 5.92 Å². The summed E-state index contributed by atoms with van der Waals surface area (Å²) in [6, 6.07) is 0.259. The SMILES string of the molecule is CCC1CCCC(NC(=O)OCCO)C1. The molecule has 1 amide bonds. The standard InChI is InChI=1S/C11H21NO3/c1-2-9-4-3-5-10(8-9)12-11(14)15-7-6-13/h9-10,13H,2-8H2,1H3,(H,12,14). The minimum Gasteiger partial charge on any atom is -0.447 e. The smallest absolute Gasteiger partial charge is 0.407 e. The van der Waals surface area contributed by atoms with Gasteiger partial charge in [0.1, 0.15) is 6.61 Å². The number of rotatable bonds is 4. The molecular formula is C11H21NO3. The second-order valence-electron chi connectivity index (χ2n) is 4.14. The summed E-state index contributed by atoms with van der Waals surface area (Å²) < 4.78 is 4.76. The number of hydrogen-bond donors (Lipinski definition) is 2. The molecule has 0 bridgehead atoms. The number of aliphatic hydroxyl groups is 1. The van der Waals surface area contributed by atoms with Gasteiger partial charge in [-0.25, -0.2) is 4.79 Å². The average molecular weight is 215 g/mol. The molecule has 1 rings (SSSR count). The normalized spacial score (nSPS) is 26.0. The number of carbonyl (C=O) groups is 1. The quantitative estimate of drug-likeness (QED) is 0.750. The molecule has 0 aromatic heterocycles. The molecule has 15 heavy (non-hydrogen) atoms. The fourth-order valence-electron chi connectivity index (χ4n) is 2.14. The van der Waals surface area contributed by atoms with E-state index >= 15 is 0 Å². The van der Waals surface area contributed by atoms with Crippen LogP contribution in [0.15, 0.2) is 0 Å². The highest BCUT2D eigenvalue weighted by Gasteiger charge is 2.22. The molecule has 88 valence electrons. The van der Waals surface area contributed by atoms with Crippen LogP contribution in [0.25, 0.3) is 0 Å². The molecule has 1 fully saturated rings. The summed E-state index contributed by atoms with van der Waals surface area (Å²) in [5.41, 5.74) is 0. The molecule has 4 heteroatoms. The van der Waals surface area contributed by atoms with Crippen LogP contribution in [0.2, 0.25) is 0 Å². The van der Waals surface area contributed by atoms with Gasteiger partial charge in [0.05, 0.1) is 6.61 Å². The first-order valence-electron chi connectivity index (χ1n) is 5.80. The van der Waals surface area contributed by atoms with Crippen LogP contribution in [-0.4, -0.2) is 30.5 Å². The van der Waals surface area contributed by atoms with Crippen molar-refractivity contribution in [2.45, 2.75) is 45.1 Å². The van der Waals surface area contributed by atoms with Crippen molar-refractivity contribution in [2.75, 3.05) is 13.2 Å². The lowest BCUT2D eigenvalue weighted by Gasteiger charge is -2.28. The predicted octanol–water partition coefficient (Wildman–Crippen LogP) is 1.67. The highest BCUT2D eigenvalue weighted by molar-refractivity contribution is 5.67. The minimum absolute atomic E-state index is 0.0791. The number of nitrogens with one attached hydrogen (secondary N) is 1. The van der Waals surface area contributed by atoms with Gasteiger partial charge in [-0.15, -0.1) is 0 Å². The van der Waals surface area contributed by atoms with Crippen molar-refractivity contribution in [3.05, 3.63) is 0 Å². The number of carbonyl (C=O) groups excluding carboxylic acids is 1. The second-order valence-corrected chi connectivity index (χ2v) is 4.14. The van der Waals surface area contributed by atoms with Gasteiger partial charge in [0.15, 0.2) is 0 Å². The maximum Gasteiger partial charge on any atom is 0.407 e. The van der Waals surface area contributed by atoms with E-state index < -0.39 is 6.09 Å². The van der Waals surface area contributed by atoms with Crippen molar-refractivity contribution in [3.8, 4) is 0 Å². The Labute approximate surface area is 91.0 Å². The van der Waals surface area contributed by atoms with Crippen LogP contribution in [0.5, 0.6) is 0 Å². The molecule has 0 saturated heterocycles. The number of alkyl carbamates (subject to hydrolysis) is 1. The highest BCUT2D eigenvalue weighted by Crippen LogP contribution is 2.26. The van der Waals surface area contributed by atoms with Gasteiger partial charge in [0, 0.05) is 6.04 Å². The van der Waals surface area contributed by atoms with Crippen LogP contribution in [0.3, 0.4) is 0 Å². The fourth-order valence-corrected chi connectivity index (χ4v) is 2.14. The zero-order valence-corrected chi connectivity index (χ0v) is 9.37. The lowest BCUT2D eigenvalue weighted by molar-refractivity contribution is 0.112. The molecule has 0 spiro atoms. The van der Waals surface area contributed by atoms with E-state index in [-0.39, 0.29) is 19.3 Å². The van der Waals surface area contributed by atoms with Crippen molar-refractivity contribution in [1.29, 1.82) is 0 Å². The van der Waals surface area contributed by atoms with Crippen molar-refractivity contribution < 1.29 is 14.6 Å². The molecule has 1 aliphatic carbocycles. The Morgan fingerprint density at radius 3 is 3.00 bits per heavy atom. The first-order chi connectivity index (χ1) is 7.26. The van der Waals surface area contributed by atoms with E-state index in [9.17, 15) is 4.79 Å². The van der Waals surface area contributed by atoms with Crippen LogP contribution in [0.4, 0.5) is 4.79 Å². The van der Waals surface area contributed by atoms with E-state index in [2.05, 4.69) is 12.2 Å². The Morgan fingerprint density at radius 1 is 1.53 bits per heavy atom. The molecule has 1 saturated carbocycles. The van der Waals surface area contributed by atoms with Gasteiger partial charge < -0.3 is 15.2 Å². The van der Waals surface area contributed by atoms with E-state index in [1.165, 1.54) is 19.3 Å². The molecule has 2 N–H and O–H groups in total. The van der Waals surface area contributed by atoms with Crippen molar-refractivity contribution in [3.63, 3.8) is 0 Å². The summed E-state index contributed by atoms with van der Waals surface area (Å²) in [6.45, 7) is 2.16. The van der Waals surface area contributed by atoms with Gasteiger partial charge in [0.2, 0.25) is 0 Å². The molecule has 1 aliphatic rings. The number of aliphatic hydroxyl groups excluding tert-OH is 1. The van der Waals surface area contributed by atoms with E-state index in [0.29, 0.717) is 0 Å². The third-order valence-electron chi connectivity index (χ3n) is 3.01. The maximum absolute atomic E-state index is 11.2. The van der Waals surface area contributed by atoms with Gasteiger partial charge in [-0.2, -0.15) is 0 Å². The van der Waals surface area contributed by atoms with E-state index in [1.54, 1.807) is 0 Å². The van der Waals surface area contributed by atoms with Crippen molar-refractivity contribution >= 4 is 6.09 Å². The summed E-state index contributed by atoms with van der Waals surface area (Å²) in [5.74, 6) is 0.738. The van der Waals surface area contributed by atoms with Crippen LogP contribution in [0, 0.1) is 5.92 Å². The lowest BCUT2D eigenvalue weighted by atomic mass is 9.84. The summed E-state index contributed by atoms with van der Waals surface area (Å²) in [7, 11) is 0. The Hall–Kier alpha value is -0.770. The molecule has 0 aromatic rings. The summed E-state index contributed by atoms with van der Waals surface area (Å²) in [6.07, 6.45) is 5.36. The molecule has 2 atom stereocenters. The zero-order valence-electron chi connectivity index (χ0n) is 9.37. The summed E-state index contributed by atoms with van der Waals surface area (Å²) in [5, 5.41) is 11.3. The van der Waals surface area contributed by atoms with Crippen LogP contribution < -0.4 is 5.32 Å². The fraction of sp³-hybridized carbons (Fsp3) is 0.909. The first-order valence-corrected chi connectivity index (χ1v) is 5.80. The number of amides is 1. The number of hydrogen-bond acceptors (Lipinski definition) is 3. The highest BCUT2D eigenvalue weighted by atomic mass is 16.6. The maximum atomic E-state index is 11.2. The van der Waals surface area contributed by atoms with Gasteiger partial charge in [-0.3, -0.25) is 0 Å². The third-order valence-corrected chi connectivity index (χ3v) is 3.01. The average Bonchev–Trinajstić information content (AvgIpc) is 2.26. The topological polar surface area (TPSA) is 58.6 Å². The monoisotopic (exact) mass is 215 g/mol. The Balaban J connectivity index is 2.22. The third kappa shape index (κ3) is 4.51. The van der Waals surface area contributed by atoms with Gasteiger partial charge in [-0.1, -0.05) is 26.2 Å². The largest absolute Gasteiger partial charge is 0.447 e. The lowest BCUT2D eigenvalue weighted by Crippen LogP contribution is -2.38. The Bertz CT molecular complexity index is 196. The molecular weight excluding hydrogens is 194 g/mol. The predicted molar refractivity (Wildman–Crippen MR) is 57.6 cm³/mol. The molecule has 2 unspecified atom stereocenters. The summed E-state index contributed by atoms with van der Waals surface area (Å²) >= 11 is 0. The molecule has 0 aliphatic heterocycles. The van der Waals surface area contributed by atoms with E-state index in [0.717, 1.165) is 18.8 Å². The molecule has 0 aromatic carbocycles. The van der Waals surface area contributed by atoms with Crippen LogP contribution >= 0.6 is 0 Å². The second kappa shape index (κ2) is 6.67. The van der Waals surface area contributed by atoms with Gasteiger partial charge >= 0.3 is 6.09 Å². The molecule has 4 nitrogen and oxygen atoms in total. The van der Waals surface area contributed by atoms with Crippen LogP contribution in [-0.2, 0) is 4.74 Å².